The fraction of sp³-hybridized carbons (Fsp3) is 0.417. The third kappa shape index (κ3) is 6.32. The van der Waals surface area contributed by atoms with Crippen molar-refractivity contribution in [1.82, 2.24) is 0 Å². The highest BCUT2D eigenvalue weighted by atomic mass is 16.6. The van der Waals surface area contributed by atoms with Crippen molar-refractivity contribution in [3.05, 3.63) is 59.7 Å². The molecule has 0 aliphatic carbocycles. The van der Waals surface area contributed by atoms with E-state index in [9.17, 15) is 9.59 Å². The van der Waals surface area contributed by atoms with E-state index in [0.717, 1.165) is 12.8 Å². The average molecular weight is 412 g/mol. The average Bonchev–Trinajstić information content (AvgIpc) is 3.24. The number of carbonyl (C=O) groups is 2. The second kappa shape index (κ2) is 9.76. The van der Waals surface area contributed by atoms with Gasteiger partial charge in [0.25, 0.3) is 0 Å². The van der Waals surface area contributed by atoms with Crippen molar-refractivity contribution in [2.45, 2.75) is 45.1 Å². The minimum atomic E-state index is -0.524. The molecule has 1 fully saturated rings. The number of carbonyl (C=O) groups excluding carboxylic acids is 2. The van der Waals surface area contributed by atoms with Gasteiger partial charge in [-0.25, -0.2) is 9.59 Å². The molecule has 1 aliphatic rings. The molecule has 0 radical (unpaired) electrons. The summed E-state index contributed by atoms with van der Waals surface area (Å²) in [6.07, 6.45) is 1.89. The van der Waals surface area contributed by atoms with Crippen LogP contribution in [0.3, 0.4) is 0 Å². The Labute approximate surface area is 177 Å². The van der Waals surface area contributed by atoms with Crippen LogP contribution in [0.2, 0.25) is 0 Å². The van der Waals surface area contributed by atoms with Gasteiger partial charge in [0, 0.05) is 6.61 Å². The molecule has 0 aromatic heterocycles. The van der Waals surface area contributed by atoms with Crippen molar-refractivity contribution in [3.63, 3.8) is 0 Å². The SMILES string of the molecule is CC(C)(C)c1ccc(OCC(=O)Oc2ccc(C(=O)OCC3CCCO3)cc2)cc1. The van der Waals surface area contributed by atoms with E-state index in [0.29, 0.717) is 23.7 Å². The van der Waals surface area contributed by atoms with Gasteiger partial charge in [0.2, 0.25) is 0 Å². The van der Waals surface area contributed by atoms with Crippen LogP contribution >= 0.6 is 0 Å². The summed E-state index contributed by atoms with van der Waals surface area (Å²) in [5.41, 5.74) is 1.63. The third-order valence-electron chi connectivity index (χ3n) is 4.82. The van der Waals surface area contributed by atoms with Gasteiger partial charge in [-0.3, -0.25) is 0 Å². The highest BCUT2D eigenvalue weighted by Crippen LogP contribution is 2.24. The van der Waals surface area contributed by atoms with Gasteiger partial charge in [-0.15, -0.1) is 0 Å². The van der Waals surface area contributed by atoms with E-state index in [1.54, 1.807) is 24.3 Å². The van der Waals surface area contributed by atoms with Crippen LogP contribution in [0.5, 0.6) is 11.5 Å². The molecular weight excluding hydrogens is 384 g/mol. The summed E-state index contributed by atoms with van der Waals surface area (Å²) >= 11 is 0. The van der Waals surface area contributed by atoms with E-state index in [-0.39, 0.29) is 24.7 Å². The monoisotopic (exact) mass is 412 g/mol. The Morgan fingerprint density at radius 1 is 1.00 bits per heavy atom. The van der Waals surface area contributed by atoms with Crippen LogP contribution in [0.1, 0.15) is 49.5 Å². The fourth-order valence-corrected chi connectivity index (χ4v) is 3.04. The van der Waals surface area contributed by atoms with Gasteiger partial charge < -0.3 is 18.9 Å². The van der Waals surface area contributed by atoms with Crippen molar-refractivity contribution in [1.29, 1.82) is 0 Å². The molecule has 1 unspecified atom stereocenters. The minimum absolute atomic E-state index is 0.0150. The van der Waals surface area contributed by atoms with Crippen LogP contribution in [-0.4, -0.2) is 37.9 Å². The van der Waals surface area contributed by atoms with Gasteiger partial charge in [-0.1, -0.05) is 32.9 Å². The molecular formula is C24H28O6. The molecule has 6 nitrogen and oxygen atoms in total. The van der Waals surface area contributed by atoms with E-state index in [1.165, 1.54) is 5.56 Å². The third-order valence-corrected chi connectivity index (χ3v) is 4.82. The number of hydrogen-bond acceptors (Lipinski definition) is 6. The summed E-state index contributed by atoms with van der Waals surface area (Å²) in [6.45, 7) is 7.16. The van der Waals surface area contributed by atoms with Gasteiger partial charge >= 0.3 is 11.9 Å². The standard InChI is InChI=1S/C24H28O6/c1-24(2,3)18-8-12-19(13-9-18)28-16-22(25)30-20-10-6-17(7-11-20)23(26)29-15-21-5-4-14-27-21/h6-13,21H,4-5,14-16H2,1-3H3. The molecule has 2 aromatic carbocycles. The summed E-state index contributed by atoms with van der Waals surface area (Å²) in [5.74, 6) is -0.0133. The molecule has 0 bridgehead atoms. The molecule has 160 valence electrons. The summed E-state index contributed by atoms with van der Waals surface area (Å²) in [5, 5.41) is 0. The van der Waals surface area contributed by atoms with Crippen LogP contribution in [-0.2, 0) is 19.7 Å². The molecule has 0 saturated carbocycles. The molecule has 6 heteroatoms. The van der Waals surface area contributed by atoms with E-state index in [1.807, 2.05) is 24.3 Å². The fourth-order valence-electron chi connectivity index (χ4n) is 3.04. The van der Waals surface area contributed by atoms with E-state index in [4.69, 9.17) is 18.9 Å². The number of esters is 2. The van der Waals surface area contributed by atoms with Crippen molar-refractivity contribution in [2.75, 3.05) is 19.8 Å². The van der Waals surface area contributed by atoms with Crippen molar-refractivity contribution >= 4 is 11.9 Å². The first-order chi connectivity index (χ1) is 14.3. The molecule has 30 heavy (non-hydrogen) atoms. The zero-order chi connectivity index (χ0) is 21.6. The Morgan fingerprint density at radius 2 is 1.67 bits per heavy atom. The maximum Gasteiger partial charge on any atom is 0.349 e. The highest BCUT2D eigenvalue weighted by molar-refractivity contribution is 5.89. The Morgan fingerprint density at radius 3 is 2.27 bits per heavy atom. The van der Waals surface area contributed by atoms with Gasteiger partial charge in [0.1, 0.15) is 18.1 Å². The first kappa shape index (κ1) is 21.8. The van der Waals surface area contributed by atoms with Crippen molar-refractivity contribution in [3.8, 4) is 11.5 Å². The van der Waals surface area contributed by atoms with E-state index >= 15 is 0 Å². The number of hydrogen-bond donors (Lipinski definition) is 0. The summed E-state index contributed by atoms with van der Waals surface area (Å²) in [6, 6.07) is 13.9. The summed E-state index contributed by atoms with van der Waals surface area (Å²) in [7, 11) is 0. The highest BCUT2D eigenvalue weighted by Gasteiger charge is 2.18. The second-order valence-corrected chi connectivity index (χ2v) is 8.29. The Hall–Kier alpha value is -2.86. The summed E-state index contributed by atoms with van der Waals surface area (Å²) < 4.78 is 21.4. The molecule has 1 heterocycles. The van der Waals surface area contributed by atoms with Crippen LogP contribution in [0.25, 0.3) is 0 Å². The maximum atomic E-state index is 12.1. The number of benzene rings is 2. The van der Waals surface area contributed by atoms with Crippen molar-refractivity contribution in [2.24, 2.45) is 0 Å². The lowest BCUT2D eigenvalue weighted by Crippen LogP contribution is -2.18. The largest absolute Gasteiger partial charge is 0.482 e. The molecule has 0 amide bonds. The lowest BCUT2D eigenvalue weighted by atomic mass is 9.87. The smallest absolute Gasteiger partial charge is 0.349 e. The van der Waals surface area contributed by atoms with Gasteiger partial charge in [0.15, 0.2) is 6.61 Å². The zero-order valence-electron chi connectivity index (χ0n) is 17.7. The number of ether oxygens (including phenoxy) is 4. The molecule has 1 saturated heterocycles. The first-order valence-corrected chi connectivity index (χ1v) is 10.1. The Kier molecular flexibility index (Phi) is 7.11. The molecule has 0 spiro atoms. The van der Waals surface area contributed by atoms with Crippen LogP contribution in [0.4, 0.5) is 0 Å². The maximum absolute atomic E-state index is 12.1. The quantitative estimate of drug-likeness (QED) is 0.499. The lowest BCUT2D eigenvalue weighted by Gasteiger charge is -2.19. The van der Waals surface area contributed by atoms with Crippen LogP contribution < -0.4 is 9.47 Å². The second-order valence-electron chi connectivity index (χ2n) is 8.29. The molecule has 3 rings (SSSR count). The van der Waals surface area contributed by atoms with Crippen molar-refractivity contribution < 1.29 is 28.5 Å². The topological polar surface area (TPSA) is 71.1 Å². The lowest BCUT2D eigenvalue weighted by molar-refractivity contribution is -0.136. The van der Waals surface area contributed by atoms with E-state index in [2.05, 4.69) is 20.8 Å². The number of rotatable bonds is 7. The molecule has 1 atom stereocenters. The van der Waals surface area contributed by atoms with Gasteiger partial charge in [-0.05, 0) is 60.2 Å². The minimum Gasteiger partial charge on any atom is -0.482 e. The predicted molar refractivity (Wildman–Crippen MR) is 112 cm³/mol. The molecule has 2 aromatic rings. The van der Waals surface area contributed by atoms with Crippen LogP contribution in [0.15, 0.2) is 48.5 Å². The summed E-state index contributed by atoms with van der Waals surface area (Å²) in [4.78, 5) is 24.1. The first-order valence-electron chi connectivity index (χ1n) is 10.1. The molecule has 0 N–H and O–H groups in total. The zero-order valence-corrected chi connectivity index (χ0v) is 17.7. The predicted octanol–water partition coefficient (Wildman–Crippen LogP) is 4.30. The van der Waals surface area contributed by atoms with Crippen LogP contribution in [0, 0.1) is 0 Å². The van der Waals surface area contributed by atoms with Gasteiger partial charge in [0.05, 0.1) is 11.7 Å². The Bertz CT molecular complexity index is 843. The normalized spacial score (nSPS) is 16.2. The van der Waals surface area contributed by atoms with E-state index < -0.39 is 11.9 Å². The Balaban J connectivity index is 1.44. The molecule has 1 aliphatic heterocycles. The van der Waals surface area contributed by atoms with Gasteiger partial charge in [-0.2, -0.15) is 0 Å².